The molecule has 0 amide bonds. The van der Waals surface area contributed by atoms with Gasteiger partial charge in [0.25, 0.3) is 0 Å². The Morgan fingerprint density at radius 3 is 2.70 bits per heavy atom. The molecule has 23 heavy (non-hydrogen) atoms. The lowest BCUT2D eigenvalue weighted by Gasteiger charge is -2.26. The minimum absolute atomic E-state index is 0.0774. The molecule has 1 aliphatic carbocycles. The molecule has 0 fully saturated rings. The number of aliphatic imine (C=N–C) groups is 1. The minimum atomic E-state index is -0.347. The number of allylic oxidation sites excluding steroid dienone is 2. The van der Waals surface area contributed by atoms with Gasteiger partial charge in [-0.1, -0.05) is 11.6 Å². The number of phenols is 1. The van der Waals surface area contributed by atoms with Crippen molar-refractivity contribution in [2.75, 3.05) is 19.7 Å². The average molecular weight is 337 g/mol. The first kappa shape index (κ1) is 17.2. The second-order valence-corrected chi connectivity index (χ2v) is 5.40. The smallest absolute Gasteiger partial charge is 0.202 e. The molecule has 0 unspecified atom stereocenters. The van der Waals surface area contributed by atoms with Crippen molar-refractivity contribution < 1.29 is 19.8 Å². The first-order chi connectivity index (χ1) is 11.0. The van der Waals surface area contributed by atoms with E-state index in [0.717, 1.165) is 0 Å². The molecule has 0 aromatic heterocycles. The fourth-order valence-electron chi connectivity index (χ4n) is 2.27. The third-order valence-corrected chi connectivity index (χ3v) is 3.76. The Bertz CT molecular complexity index is 697. The van der Waals surface area contributed by atoms with E-state index < -0.39 is 0 Å². The molecule has 6 nitrogen and oxygen atoms in total. The summed E-state index contributed by atoms with van der Waals surface area (Å²) >= 11 is 5.80. The van der Waals surface area contributed by atoms with Gasteiger partial charge in [0, 0.05) is 19.2 Å². The molecular formula is C16H17ClN2O4. The maximum Gasteiger partial charge on any atom is 0.202 e. The van der Waals surface area contributed by atoms with E-state index in [1.165, 1.54) is 24.3 Å². The fourth-order valence-corrected chi connectivity index (χ4v) is 2.45. The maximum atomic E-state index is 12.2. The van der Waals surface area contributed by atoms with Crippen LogP contribution in [-0.4, -0.2) is 52.1 Å². The van der Waals surface area contributed by atoms with Gasteiger partial charge in [-0.2, -0.15) is 0 Å². The number of aromatic hydroxyl groups is 1. The van der Waals surface area contributed by atoms with E-state index in [1.54, 1.807) is 4.90 Å². The predicted octanol–water partition coefficient (Wildman–Crippen LogP) is 1.86. The molecule has 2 N–H and O–H groups in total. The number of aliphatic hydroxyl groups excluding tert-OH is 1. The standard InChI is InChI=1S/C16H17ClN2O4/c1-2-19(5-6-20)13-9-15(22)12(8-16(13)23)18-10-3-4-14(21)11(17)7-10/h3-4,7,9,20-21H,2,5-6,8H2,1H3. The van der Waals surface area contributed by atoms with Gasteiger partial charge in [0.05, 0.1) is 35.1 Å². The number of rotatable bonds is 5. The van der Waals surface area contributed by atoms with E-state index >= 15 is 0 Å². The molecule has 1 aromatic rings. The van der Waals surface area contributed by atoms with Crippen LogP contribution in [0.3, 0.4) is 0 Å². The molecule has 7 heteroatoms. The van der Waals surface area contributed by atoms with Gasteiger partial charge >= 0.3 is 0 Å². The summed E-state index contributed by atoms with van der Waals surface area (Å²) in [4.78, 5) is 30.3. The molecule has 0 saturated heterocycles. The summed E-state index contributed by atoms with van der Waals surface area (Å²) in [5.41, 5.74) is 0.818. The lowest BCUT2D eigenvalue weighted by Crippen LogP contribution is -2.35. The summed E-state index contributed by atoms with van der Waals surface area (Å²) in [6.45, 7) is 2.56. The highest BCUT2D eigenvalue weighted by atomic mass is 35.5. The number of carbonyl (C=O) groups excluding carboxylic acids is 2. The number of nitrogens with zero attached hydrogens (tertiary/aromatic N) is 2. The molecule has 0 radical (unpaired) electrons. The molecule has 2 rings (SSSR count). The Hall–Kier alpha value is -2.18. The second kappa shape index (κ2) is 7.39. The van der Waals surface area contributed by atoms with Crippen LogP contribution < -0.4 is 0 Å². The number of Topliss-reactive ketones (excluding diaryl/α,β-unsaturated/α-hetero) is 1. The number of hydrogen-bond acceptors (Lipinski definition) is 6. The van der Waals surface area contributed by atoms with Crippen molar-refractivity contribution in [1.82, 2.24) is 4.90 Å². The van der Waals surface area contributed by atoms with E-state index in [9.17, 15) is 14.7 Å². The monoisotopic (exact) mass is 336 g/mol. The van der Waals surface area contributed by atoms with Crippen molar-refractivity contribution in [2.24, 2.45) is 4.99 Å². The van der Waals surface area contributed by atoms with Crippen LogP contribution in [0, 0.1) is 0 Å². The van der Waals surface area contributed by atoms with Crippen LogP contribution in [0.2, 0.25) is 5.02 Å². The van der Waals surface area contributed by atoms with Crippen LogP contribution in [-0.2, 0) is 9.59 Å². The summed E-state index contributed by atoms with van der Waals surface area (Å²) in [7, 11) is 0. The molecule has 0 atom stereocenters. The van der Waals surface area contributed by atoms with E-state index in [4.69, 9.17) is 16.7 Å². The predicted molar refractivity (Wildman–Crippen MR) is 87.3 cm³/mol. The van der Waals surface area contributed by atoms with Gasteiger partial charge in [0.15, 0.2) is 5.78 Å². The van der Waals surface area contributed by atoms with Crippen LogP contribution in [0.5, 0.6) is 5.75 Å². The van der Waals surface area contributed by atoms with Gasteiger partial charge in [-0.05, 0) is 25.1 Å². The Balaban J connectivity index is 2.29. The number of ketones is 2. The summed E-state index contributed by atoms with van der Waals surface area (Å²) in [5, 5.41) is 18.5. The SMILES string of the molecule is CCN(CCO)C1=CC(=O)C(=Nc2ccc(O)c(Cl)c2)CC1=O. The number of phenolic OH excluding ortho intramolecular Hbond substituents is 1. The first-order valence-electron chi connectivity index (χ1n) is 7.17. The average Bonchev–Trinajstić information content (AvgIpc) is 2.52. The molecule has 0 spiro atoms. The van der Waals surface area contributed by atoms with Gasteiger partial charge in [-0.25, -0.2) is 4.99 Å². The van der Waals surface area contributed by atoms with Crippen molar-refractivity contribution in [1.29, 1.82) is 0 Å². The summed E-state index contributed by atoms with van der Waals surface area (Å²) in [6.07, 6.45) is 1.15. The van der Waals surface area contributed by atoms with Crippen LogP contribution in [0.4, 0.5) is 5.69 Å². The highest BCUT2D eigenvalue weighted by Crippen LogP contribution is 2.28. The number of aliphatic hydroxyl groups is 1. The summed E-state index contributed by atoms with van der Waals surface area (Å²) in [5.74, 6) is -0.643. The molecule has 0 heterocycles. The summed E-state index contributed by atoms with van der Waals surface area (Å²) in [6, 6.07) is 4.30. The van der Waals surface area contributed by atoms with Gasteiger partial charge in [0.1, 0.15) is 5.75 Å². The third-order valence-electron chi connectivity index (χ3n) is 3.45. The Kier molecular flexibility index (Phi) is 5.52. The van der Waals surface area contributed by atoms with Crippen LogP contribution in [0.15, 0.2) is 35.0 Å². The number of carbonyl (C=O) groups is 2. The molecule has 1 aromatic carbocycles. The fraction of sp³-hybridized carbons (Fsp3) is 0.312. The van der Waals surface area contributed by atoms with Crippen molar-refractivity contribution in [3.05, 3.63) is 35.0 Å². The third kappa shape index (κ3) is 3.97. The zero-order chi connectivity index (χ0) is 17.0. The molecule has 0 bridgehead atoms. The number of benzene rings is 1. The quantitative estimate of drug-likeness (QED) is 0.856. The van der Waals surface area contributed by atoms with Crippen molar-refractivity contribution in [3.8, 4) is 5.75 Å². The van der Waals surface area contributed by atoms with Crippen LogP contribution >= 0.6 is 11.6 Å². The van der Waals surface area contributed by atoms with Crippen molar-refractivity contribution in [3.63, 3.8) is 0 Å². The summed E-state index contributed by atoms with van der Waals surface area (Å²) < 4.78 is 0. The Morgan fingerprint density at radius 2 is 2.09 bits per heavy atom. The largest absolute Gasteiger partial charge is 0.506 e. The van der Waals surface area contributed by atoms with Gasteiger partial charge in [-0.3, -0.25) is 9.59 Å². The van der Waals surface area contributed by atoms with Crippen LogP contribution in [0.25, 0.3) is 0 Å². The molecular weight excluding hydrogens is 320 g/mol. The van der Waals surface area contributed by atoms with Gasteiger partial charge < -0.3 is 15.1 Å². The highest BCUT2D eigenvalue weighted by Gasteiger charge is 2.27. The maximum absolute atomic E-state index is 12.2. The van der Waals surface area contributed by atoms with Gasteiger partial charge in [-0.15, -0.1) is 0 Å². The molecule has 1 aliphatic rings. The minimum Gasteiger partial charge on any atom is -0.506 e. The molecule has 122 valence electrons. The zero-order valence-corrected chi connectivity index (χ0v) is 13.4. The first-order valence-corrected chi connectivity index (χ1v) is 7.55. The second-order valence-electron chi connectivity index (χ2n) is 4.99. The lowest BCUT2D eigenvalue weighted by molar-refractivity contribution is -0.118. The topological polar surface area (TPSA) is 90.2 Å². The molecule has 0 saturated carbocycles. The Labute approximate surface area is 138 Å². The molecule has 0 aliphatic heterocycles. The number of halogens is 1. The van der Waals surface area contributed by atoms with Gasteiger partial charge in [0.2, 0.25) is 5.78 Å². The normalized spacial score (nSPS) is 16.7. The van der Waals surface area contributed by atoms with E-state index in [0.29, 0.717) is 24.5 Å². The van der Waals surface area contributed by atoms with E-state index in [1.807, 2.05) is 6.92 Å². The van der Waals surface area contributed by atoms with Crippen molar-refractivity contribution >= 4 is 34.6 Å². The highest BCUT2D eigenvalue weighted by molar-refractivity contribution is 6.50. The van der Waals surface area contributed by atoms with E-state index in [-0.39, 0.29) is 41.1 Å². The Morgan fingerprint density at radius 1 is 1.35 bits per heavy atom. The van der Waals surface area contributed by atoms with Crippen molar-refractivity contribution in [2.45, 2.75) is 13.3 Å². The number of hydrogen-bond donors (Lipinski definition) is 2. The number of likely N-dealkylation sites (N-methyl/N-ethyl adjacent to an activating group) is 1. The van der Waals surface area contributed by atoms with Crippen LogP contribution in [0.1, 0.15) is 13.3 Å². The van der Waals surface area contributed by atoms with E-state index in [2.05, 4.69) is 4.99 Å². The lowest BCUT2D eigenvalue weighted by atomic mass is 9.98. The zero-order valence-electron chi connectivity index (χ0n) is 12.6.